The van der Waals surface area contributed by atoms with Crippen LogP contribution in [0.5, 0.6) is 17.2 Å². The monoisotopic (exact) mass is 938 g/mol. The van der Waals surface area contributed by atoms with E-state index >= 15 is 8.42 Å². The highest BCUT2D eigenvalue weighted by atomic mass is 32.2. The van der Waals surface area contributed by atoms with E-state index in [1.165, 1.54) is 29.4 Å². The maximum atomic E-state index is 16.1. The number of ether oxygens (including phenoxy) is 3. The number of carbonyl (C=O) groups is 1. The van der Waals surface area contributed by atoms with Gasteiger partial charge in [0.25, 0.3) is 0 Å². The number of fused-ring (bicyclic) bond motifs is 1. The number of amides is 1. The molecule has 5 aromatic carbocycles. The van der Waals surface area contributed by atoms with E-state index in [9.17, 15) is 18.3 Å². The number of benzene rings is 5. The van der Waals surface area contributed by atoms with Crippen LogP contribution in [0.1, 0.15) is 49.4 Å². The second kappa shape index (κ2) is 19.9. The first-order valence-electron chi connectivity index (χ1n) is 21.2. The van der Waals surface area contributed by atoms with Gasteiger partial charge in [-0.05, 0) is 121 Å². The van der Waals surface area contributed by atoms with E-state index in [0.717, 1.165) is 34.7 Å². The molecule has 348 valence electrons. The summed E-state index contributed by atoms with van der Waals surface area (Å²) in [5.41, 5.74) is 3.86. The van der Waals surface area contributed by atoms with Gasteiger partial charge in [-0.1, -0.05) is 54.6 Å². The number of hydrogen-bond acceptors (Lipinski definition) is 12. The number of anilines is 1. The highest BCUT2D eigenvalue weighted by Crippen LogP contribution is 2.44. The Morgan fingerprint density at radius 1 is 0.788 bits per heavy atom. The van der Waals surface area contributed by atoms with E-state index in [1.807, 2.05) is 30.3 Å². The molecule has 1 amide bonds. The summed E-state index contributed by atoms with van der Waals surface area (Å²) in [6, 6.07) is 29.6. The zero-order valence-corrected chi connectivity index (χ0v) is 39.3. The number of sulfonamides is 2. The number of methoxy groups -OCH3 is 3. The number of nitrogens with zero attached hydrogens (tertiary/aromatic N) is 6. The Morgan fingerprint density at radius 3 is 1.91 bits per heavy atom. The van der Waals surface area contributed by atoms with Crippen molar-refractivity contribution in [2.24, 2.45) is 0 Å². The Labute approximate surface area is 385 Å². The summed E-state index contributed by atoms with van der Waals surface area (Å²) < 4.78 is 81.7. The van der Waals surface area contributed by atoms with Gasteiger partial charge in [-0.2, -0.15) is 9.10 Å². The molecule has 1 aliphatic rings. The van der Waals surface area contributed by atoms with Crippen LogP contribution in [0.3, 0.4) is 0 Å². The van der Waals surface area contributed by atoms with Crippen LogP contribution in [-0.4, -0.2) is 104 Å². The maximum absolute atomic E-state index is 16.1. The molecule has 0 aliphatic carbocycles. The molecule has 1 aromatic heterocycles. The highest BCUT2D eigenvalue weighted by Gasteiger charge is 2.38. The van der Waals surface area contributed by atoms with Crippen molar-refractivity contribution in [3.05, 3.63) is 125 Å². The van der Waals surface area contributed by atoms with Crippen LogP contribution in [0.15, 0.2) is 113 Å². The Balaban J connectivity index is 1.48. The van der Waals surface area contributed by atoms with Crippen LogP contribution in [0.25, 0.3) is 22.5 Å². The topological polar surface area (TPSA) is 207 Å². The third-order valence-electron chi connectivity index (χ3n) is 11.3. The van der Waals surface area contributed by atoms with E-state index in [2.05, 4.69) is 20.4 Å². The zero-order chi connectivity index (χ0) is 47.2. The van der Waals surface area contributed by atoms with Crippen LogP contribution in [-0.2, 0) is 46.1 Å². The van der Waals surface area contributed by atoms with Gasteiger partial charge in [0, 0.05) is 44.0 Å². The third kappa shape index (κ3) is 10.6. The van der Waals surface area contributed by atoms with Gasteiger partial charge in [-0.25, -0.2) is 26.4 Å². The summed E-state index contributed by atoms with van der Waals surface area (Å²) in [6.07, 6.45) is 0.221. The zero-order valence-electron chi connectivity index (χ0n) is 37.7. The van der Waals surface area contributed by atoms with Crippen molar-refractivity contribution in [3.63, 3.8) is 0 Å². The molecule has 3 N–H and O–H groups in total. The Kier molecular flexibility index (Phi) is 14.3. The molecule has 0 bridgehead atoms. The highest BCUT2D eigenvalue weighted by molar-refractivity contribution is 7.92. The SMILES string of the molecule is COc1ccc(CN(Cc2ccc(OC)cc2)S(=O)(=O)c2c(S(=O)(=O)NCCN(C(=O)O)C(C)(C)C)ccc(-c3cccc4c3CCCN4)c2-c2nnn(Cc3ccc(OC)cc3)n2)cc1. The van der Waals surface area contributed by atoms with Crippen molar-refractivity contribution >= 4 is 31.8 Å². The normalized spacial score (nSPS) is 12.9. The molecule has 0 saturated carbocycles. The second-order valence-corrected chi connectivity index (χ2v) is 20.3. The fraction of sp³-hybridized carbons (Fsp3) is 0.319. The van der Waals surface area contributed by atoms with Crippen molar-refractivity contribution in [2.45, 2.75) is 68.6 Å². The number of carboxylic acid groups (broad SMARTS) is 1. The fourth-order valence-corrected chi connectivity index (χ4v) is 11.3. The summed E-state index contributed by atoms with van der Waals surface area (Å²) in [6.45, 7) is 5.01. The molecule has 2 heterocycles. The molecular weight excluding hydrogens is 885 g/mol. The van der Waals surface area contributed by atoms with Crippen molar-refractivity contribution in [1.82, 2.24) is 34.1 Å². The van der Waals surface area contributed by atoms with Gasteiger partial charge in [0.15, 0.2) is 0 Å². The lowest BCUT2D eigenvalue weighted by Gasteiger charge is -2.33. The molecule has 1 aliphatic heterocycles. The minimum absolute atomic E-state index is 0.0749. The molecule has 0 radical (unpaired) electrons. The lowest BCUT2D eigenvalue weighted by Crippen LogP contribution is -2.48. The van der Waals surface area contributed by atoms with Crippen LogP contribution < -0.4 is 24.2 Å². The Morgan fingerprint density at radius 2 is 1.36 bits per heavy atom. The van der Waals surface area contributed by atoms with Gasteiger partial charge < -0.3 is 29.5 Å². The predicted octanol–water partition coefficient (Wildman–Crippen LogP) is 6.89. The smallest absolute Gasteiger partial charge is 0.407 e. The summed E-state index contributed by atoms with van der Waals surface area (Å²) in [4.78, 5) is 13.5. The van der Waals surface area contributed by atoms with Gasteiger partial charge in [0.2, 0.25) is 25.9 Å². The van der Waals surface area contributed by atoms with Crippen molar-refractivity contribution in [3.8, 4) is 39.8 Å². The number of aromatic nitrogens is 4. The number of tetrazole rings is 1. The second-order valence-electron chi connectivity index (χ2n) is 16.6. The average molecular weight is 939 g/mol. The molecule has 0 unspecified atom stereocenters. The summed E-state index contributed by atoms with van der Waals surface area (Å²) in [5.74, 6) is 1.65. The van der Waals surface area contributed by atoms with Gasteiger partial charge >= 0.3 is 6.09 Å². The molecule has 0 spiro atoms. The van der Waals surface area contributed by atoms with Crippen molar-refractivity contribution in [2.75, 3.05) is 46.3 Å². The molecule has 0 atom stereocenters. The molecular formula is C47H54N8O9S2. The first-order valence-corrected chi connectivity index (χ1v) is 24.1. The minimum atomic E-state index is -4.91. The summed E-state index contributed by atoms with van der Waals surface area (Å²) in [5, 5.41) is 27.0. The number of hydrogen-bond donors (Lipinski definition) is 3. The van der Waals surface area contributed by atoms with E-state index in [0.29, 0.717) is 45.9 Å². The predicted molar refractivity (Wildman–Crippen MR) is 250 cm³/mol. The first kappa shape index (κ1) is 47.4. The van der Waals surface area contributed by atoms with Gasteiger partial charge in [0.05, 0.1) is 33.4 Å². The van der Waals surface area contributed by atoms with Crippen LogP contribution >= 0.6 is 0 Å². The number of rotatable bonds is 18. The van der Waals surface area contributed by atoms with E-state index < -0.39 is 41.5 Å². The quantitative estimate of drug-likeness (QED) is 0.0804. The Hall–Kier alpha value is -6.54. The van der Waals surface area contributed by atoms with Crippen LogP contribution in [0.2, 0.25) is 0 Å². The third-order valence-corrected chi connectivity index (χ3v) is 14.8. The van der Waals surface area contributed by atoms with Gasteiger partial charge in [-0.3, -0.25) is 0 Å². The lowest BCUT2D eigenvalue weighted by atomic mass is 9.90. The van der Waals surface area contributed by atoms with Crippen molar-refractivity contribution < 1.29 is 40.9 Å². The van der Waals surface area contributed by atoms with E-state index in [4.69, 9.17) is 19.3 Å². The first-order chi connectivity index (χ1) is 31.5. The molecule has 66 heavy (non-hydrogen) atoms. The van der Waals surface area contributed by atoms with Crippen LogP contribution in [0, 0.1) is 0 Å². The number of nitrogens with one attached hydrogen (secondary N) is 2. The van der Waals surface area contributed by atoms with Gasteiger partial charge in [0.1, 0.15) is 27.0 Å². The fourth-order valence-electron chi connectivity index (χ4n) is 7.86. The Bertz CT molecular complexity index is 2840. The summed E-state index contributed by atoms with van der Waals surface area (Å²) >= 11 is 0. The molecule has 7 rings (SSSR count). The summed E-state index contributed by atoms with van der Waals surface area (Å²) in [7, 11) is -5.03. The van der Waals surface area contributed by atoms with Gasteiger partial charge in [-0.15, -0.1) is 10.2 Å². The van der Waals surface area contributed by atoms with Crippen molar-refractivity contribution in [1.29, 1.82) is 0 Å². The molecule has 6 aromatic rings. The largest absolute Gasteiger partial charge is 0.497 e. The molecule has 0 saturated heterocycles. The maximum Gasteiger partial charge on any atom is 0.407 e. The minimum Gasteiger partial charge on any atom is -0.497 e. The van der Waals surface area contributed by atoms with E-state index in [-0.39, 0.29) is 44.1 Å². The average Bonchev–Trinajstić information content (AvgIpc) is 3.77. The standard InChI is InChI=1S/C47H54N8O9S2/c1-47(2,3)54(46(56)57)28-27-49-65(58,59)42-25-24-40(38-9-7-11-41-39(38)10-8-26-48-41)43(45-50-52-55(51-45)31-34-16-22-37(64-6)23-17-34)44(42)66(60,61)53(29-32-12-18-35(62-4)19-13-32)30-33-14-20-36(63-5)21-15-33/h7,9,11-25,48-49H,8,10,26-31H2,1-6H3,(H,56,57). The molecule has 19 heteroatoms. The van der Waals surface area contributed by atoms with Crippen LogP contribution in [0.4, 0.5) is 10.5 Å². The van der Waals surface area contributed by atoms with E-state index in [1.54, 1.807) is 94.6 Å². The lowest BCUT2D eigenvalue weighted by molar-refractivity contribution is 0.102. The molecule has 17 nitrogen and oxygen atoms in total. The molecule has 0 fully saturated rings.